The Morgan fingerprint density at radius 3 is 2.42 bits per heavy atom. The molecule has 0 saturated carbocycles. The van der Waals surface area contributed by atoms with E-state index in [0.717, 1.165) is 79.4 Å². The van der Waals surface area contributed by atoms with Crippen LogP contribution < -0.4 is 5.32 Å². The first-order valence-corrected chi connectivity index (χ1v) is 12.4. The third-order valence-electron chi connectivity index (χ3n) is 7.72. The number of benzene rings is 1. The maximum absolute atomic E-state index is 12.1. The van der Waals surface area contributed by atoms with Crippen LogP contribution in [0.2, 0.25) is 0 Å². The second-order valence-electron chi connectivity index (χ2n) is 9.65. The van der Waals surface area contributed by atoms with Crippen LogP contribution in [0.1, 0.15) is 54.1 Å². The molecule has 6 heteroatoms. The maximum Gasteiger partial charge on any atom is 0.163 e. The van der Waals surface area contributed by atoms with Crippen molar-refractivity contribution in [2.75, 3.05) is 26.2 Å². The number of pyridine rings is 1. The van der Waals surface area contributed by atoms with Crippen molar-refractivity contribution in [3.63, 3.8) is 0 Å². The van der Waals surface area contributed by atoms with Crippen LogP contribution >= 0.6 is 0 Å². The highest BCUT2D eigenvalue weighted by atomic mass is 16.1. The lowest BCUT2D eigenvalue weighted by Gasteiger charge is -2.39. The number of Topliss-reactive ketones (excluding diaryl/α,β-unsaturated/α-hetero) is 1. The topological polar surface area (TPSA) is 63.1 Å². The van der Waals surface area contributed by atoms with Gasteiger partial charge in [0.1, 0.15) is 5.69 Å². The minimum atomic E-state index is 0.266. The Morgan fingerprint density at radius 1 is 0.848 bits per heavy atom. The third kappa shape index (κ3) is 4.02. The zero-order chi connectivity index (χ0) is 22.2. The Hall–Kier alpha value is -2.83. The van der Waals surface area contributed by atoms with Gasteiger partial charge in [0.2, 0.25) is 0 Å². The number of hydrogen-bond acceptors (Lipinski definition) is 5. The number of rotatable bonds is 4. The molecule has 0 spiro atoms. The average Bonchev–Trinajstić information content (AvgIpc) is 3.49. The molecule has 3 aromatic rings. The fourth-order valence-corrected chi connectivity index (χ4v) is 5.82. The number of ketones is 1. The van der Waals surface area contributed by atoms with E-state index in [9.17, 15) is 4.79 Å². The average molecular weight is 442 g/mol. The van der Waals surface area contributed by atoms with Crippen molar-refractivity contribution in [2.45, 2.75) is 50.6 Å². The second-order valence-corrected chi connectivity index (χ2v) is 9.65. The van der Waals surface area contributed by atoms with Gasteiger partial charge in [-0.2, -0.15) is 5.10 Å². The fourth-order valence-electron chi connectivity index (χ4n) is 5.82. The van der Waals surface area contributed by atoms with Crippen LogP contribution in [0, 0.1) is 0 Å². The van der Waals surface area contributed by atoms with Gasteiger partial charge in [0.05, 0.1) is 6.04 Å². The van der Waals surface area contributed by atoms with Gasteiger partial charge in [-0.1, -0.05) is 18.2 Å². The zero-order valence-electron chi connectivity index (χ0n) is 19.0. The summed E-state index contributed by atoms with van der Waals surface area (Å²) < 4.78 is 2.21. The van der Waals surface area contributed by atoms with Crippen LogP contribution in [0.3, 0.4) is 0 Å². The summed E-state index contributed by atoms with van der Waals surface area (Å²) in [6, 6.07) is 11.5. The van der Waals surface area contributed by atoms with Crippen LogP contribution in [-0.2, 0) is 6.42 Å². The van der Waals surface area contributed by atoms with E-state index in [1.54, 1.807) is 0 Å². The number of aromatic nitrogens is 3. The van der Waals surface area contributed by atoms with Crippen LogP contribution in [0.25, 0.3) is 22.4 Å². The minimum Gasteiger partial charge on any atom is -0.317 e. The van der Waals surface area contributed by atoms with Crippen molar-refractivity contribution < 1.29 is 4.79 Å². The van der Waals surface area contributed by atoms with Crippen molar-refractivity contribution in [1.82, 2.24) is 25.0 Å². The summed E-state index contributed by atoms with van der Waals surface area (Å²) in [5.41, 5.74) is 6.44. The first kappa shape index (κ1) is 20.8. The molecule has 0 atom stereocenters. The molecule has 1 aliphatic carbocycles. The molecule has 2 aromatic heterocycles. The highest BCUT2D eigenvalue weighted by Crippen LogP contribution is 2.36. The second kappa shape index (κ2) is 8.84. The molecule has 170 valence electrons. The molecule has 0 unspecified atom stereocenters. The number of carbonyl (C=O) groups is 1. The number of piperidine rings is 2. The van der Waals surface area contributed by atoms with E-state index in [1.165, 1.54) is 18.4 Å². The molecule has 0 amide bonds. The van der Waals surface area contributed by atoms with Gasteiger partial charge in [-0.15, -0.1) is 0 Å². The summed E-state index contributed by atoms with van der Waals surface area (Å²) in [5, 5.41) is 8.60. The number of nitrogens with one attached hydrogen (secondary N) is 1. The van der Waals surface area contributed by atoms with E-state index in [0.29, 0.717) is 12.5 Å². The first-order chi connectivity index (χ1) is 16.3. The van der Waals surface area contributed by atoms with E-state index < -0.39 is 0 Å². The van der Waals surface area contributed by atoms with Gasteiger partial charge in [-0.25, -0.2) is 0 Å². The molecule has 6 rings (SSSR count). The first-order valence-electron chi connectivity index (χ1n) is 12.4. The molecule has 1 N–H and O–H groups in total. The summed E-state index contributed by atoms with van der Waals surface area (Å²) >= 11 is 0. The number of fused-ring (bicyclic) bond motifs is 1. The lowest BCUT2D eigenvalue weighted by molar-refractivity contribution is 0.0994. The summed E-state index contributed by atoms with van der Waals surface area (Å²) in [7, 11) is 0. The lowest BCUT2D eigenvalue weighted by atomic mass is 9.98. The molecular weight excluding hydrogens is 410 g/mol. The van der Waals surface area contributed by atoms with Crippen molar-refractivity contribution in [1.29, 1.82) is 0 Å². The van der Waals surface area contributed by atoms with E-state index in [4.69, 9.17) is 5.10 Å². The quantitative estimate of drug-likeness (QED) is 0.660. The van der Waals surface area contributed by atoms with E-state index >= 15 is 0 Å². The number of hydrogen-bond donors (Lipinski definition) is 1. The number of carbonyl (C=O) groups excluding carboxylic acids is 1. The Morgan fingerprint density at radius 2 is 1.64 bits per heavy atom. The smallest absolute Gasteiger partial charge is 0.163 e. The molecule has 2 saturated heterocycles. The van der Waals surface area contributed by atoms with Crippen molar-refractivity contribution in [2.24, 2.45) is 0 Å². The van der Waals surface area contributed by atoms with Gasteiger partial charge in [0, 0.05) is 60.8 Å². The number of aryl methyl sites for hydroxylation is 1. The Labute approximate surface area is 195 Å². The van der Waals surface area contributed by atoms with Gasteiger partial charge in [-0.05, 0) is 68.5 Å². The monoisotopic (exact) mass is 441 g/mol. The van der Waals surface area contributed by atoms with Gasteiger partial charge >= 0.3 is 0 Å². The molecule has 0 radical (unpaired) electrons. The lowest BCUT2D eigenvalue weighted by Crippen LogP contribution is -2.46. The van der Waals surface area contributed by atoms with Crippen LogP contribution in [0.15, 0.2) is 48.9 Å². The maximum atomic E-state index is 12.1. The van der Waals surface area contributed by atoms with Crippen molar-refractivity contribution >= 4 is 5.78 Å². The fraction of sp³-hybridized carbons (Fsp3) is 0.444. The molecule has 3 aliphatic rings. The largest absolute Gasteiger partial charge is 0.317 e. The van der Waals surface area contributed by atoms with Gasteiger partial charge in [-0.3, -0.25) is 14.5 Å². The minimum absolute atomic E-state index is 0.266. The van der Waals surface area contributed by atoms with Crippen LogP contribution in [0.4, 0.5) is 0 Å². The standard InChI is InChI=1S/C27H31N5O/c33-26-4-2-20-17-21(1-3-24(20)26)25-18-32(30-27(25)19-5-11-28-12-6-19)23-9-15-31(16-10-23)22-7-13-29-14-8-22/h1,3,5-6,11-12,17-18,22-23,29H,2,4,7-10,13-16H2. The molecule has 1 aromatic carbocycles. The number of nitrogens with zero attached hydrogens (tertiary/aromatic N) is 4. The highest BCUT2D eigenvalue weighted by Gasteiger charge is 2.28. The molecule has 2 aliphatic heterocycles. The summed E-state index contributed by atoms with van der Waals surface area (Å²) in [6.45, 7) is 4.59. The van der Waals surface area contributed by atoms with Crippen molar-refractivity contribution in [3.8, 4) is 22.4 Å². The molecule has 0 bridgehead atoms. The van der Waals surface area contributed by atoms with Crippen LogP contribution in [0.5, 0.6) is 0 Å². The molecule has 4 heterocycles. The highest BCUT2D eigenvalue weighted by molar-refractivity contribution is 6.01. The Balaban J connectivity index is 1.29. The van der Waals surface area contributed by atoms with Gasteiger partial charge in [0.25, 0.3) is 0 Å². The molecule has 2 fully saturated rings. The van der Waals surface area contributed by atoms with Gasteiger partial charge < -0.3 is 10.2 Å². The van der Waals surface area contributed by atoms with E-state index in [-0.39, 0.29) is 5.78 Å². The summed E-state index contributed by atoms with van der Waals surface area (Å²) in [4.78, 5) is 19.0. The Bertz CT molecular complexity index is 1140. The number of likely N-dealkylation sites (tertiary alicyclic amines) is 1. The third-order valence-corrected chi connectivity index (χ3v) is 7.72. The molecular formula is C27H31N5O. The predicted molar refractivity (Wildman–Crippen MR) is 129 cm³/mol. The molecule has 33 heavy (non-hydrogen) atoms. The van der Waals surface area contributed by atoms with E-state index in [2.05, 4.69) is 38.2 Å². The SMILES string of the molecule is O=C1CCc2cc(-c3cn(C4CCN(C5CCNCC5)CC4)nc3-c3ccncc3)ccc21. The van der Waals surface area contributed by atoms with E-state index in [1.807, 2.05) is 30.6 Å². The van der Waals surface area contributed by atoms with Crippen molar-refractivity contribution in [3.05, 3.63) is 60.0 Å². The summed E-state index contributed by atoms with van der Waals surface area (Å²) in [6.07, 6.45) is 12.2. The van der Waals surface area contributed by atoms with Crippen LogP contribution in [-0.4, -0.2) is 57.7 Å². The van der Waals surface area contributed by atoms with Gasteiger partial charge in [0.15, 0.2) is 5.78 Å². The Kier molecular flexibility index (Phi) is 5.56. The molecule has 6 nitrogen and oxygen atoms in total. The zero-order valence-corrected chi connectivity index (χ0v) is 19.0. The normalized spacial score (nSPS) is 20.3. The summed E-state index contributed by atoms with van der Waals surface area (Å²) in [5.74, 6) is 0.266. The predicted octanol–water partition coefficient (Wildman–Crippen LogP) is 4.13.